The quantitative estimate of drug-likeness (QED) is 0.487. The lowest BCUT2D eigenvalue weighted by atomic mass is 9.46. The zero-order valence-electron chi connectivity index (χ0n) is 15.5. The monoisotopic (exact) mass is 380 g/mol. The summed E-state index contributed by atoms with van der Waals surface area (Å²) in [5.41, 5.74) is -0.983. The van der Waals surface area contributed by atoms with E-state index in [1.165, 1.54) is 0 Å². The van der Waals surface area contributed by atoms with E-state index in [2.05, 4.69) is 25.1 Å². The first-order valence-electron chi connectivity index (χ1n) is 9.83. The van der Waals surface area contributed by atoms with Crippen LogP contribution in [-0.2, 0) is 0 Å². The number of hydrogen-bond donors (Lipinski definition) is 4. The van der Waals surface area contributed by atoms with Crippen molar-refractivity contribution in [3.8, 4) is 11.3 Å². The Labute approximate surface area is 160 Å². The second-order valence-electron chi connectivity index (χ2n) is 9.44. The summed E-state index contributed by atoms with van der Waals surface area (Å²) >= 11 is 5.62. The lowest BCUT2D eigenvalue weighted by Gasteiger charge is -2.58. The zero-order valence-corrected chi connectivity index (χ0v) is 16.3. The number of rotatable bonds is 0. The van der Waals surface area contributed by atoms with Crippen molar-refractivity contribution < 1.29 is 20.4 Å². The fourth-order valence-corrected chi connectivity index (χ4v) is 7.29. The first-order valence-corrected chi connectivity index (χ1v) is 10.2. The van der Waals surface area contributed by atoms with E-state index in [4.69, 9.17) is 11.6 Å². The summed E-state index contributed by atoms with van der Waals surface area (Å²) < 4.78 is 0. The summed E-state index contributed by atoms with van der Waals surface area (Å²) in [7, 11) is 0. The molecule has 0 aliphatic heterocycles. The molecule has 8 atom stereocenters. The predicted molar refractivity (Wildman–Crippen MR) is 99.3 cm³/mol. The molecule has 0 aromatic carbocycles. The summed E-state index contributed by atoms with van der Waals surface area (Å²) in [5, 5.41) is 44.7. The van der Waals surface area contributed by atoms with E-state index in [0.717, 1.165) is 37.7 Å². The molecule has 3 saturated carbocycles. The maximum atomic E-state index is 11.2. The maximum Gasteiger partial charge on any atom is 0.157 e. The topological polar surface area (TPSA) is 80.9 Å². The van der Waals surface area contributed by atoms with E-state index in [0.29, 0.717) is 24.7 Å². The minimum atomic E-state index is -1.45. The molecule has 0 aromatic heterocycles. The highest BCUT2D eigenvalue weighted by atomic mass is 35.5. The predicted octanol–water partition coefficient (Wildman–Crippen LogP) is 3.10. The molecule has 0 radical (unpaired) electrons. The Balaban J connectivity index is 1.73. The largest absolute Gasteiger partial charge is 0.510 e. The van der Waals surface area contributed by atoms with E-state index in [1.807, 2.05) is 0 Å². The Morgan fingerprint density at radius 1 is 1.08 bits per heavy atom. The van der Waals surface area contributed by atoms with Crippen molar-refractivity contribution in [3.05, 3.63) is 11.3 Å². The molecule has 3 unspecified atom stereocenters. The fourth-order valence-electron chi connectivity index (χ4n) is 7.15. The van der Waals surface area contributed by atoms with Crippen molar-refractivity contribution in [1.82, 2.24) is 0 Å². The molecule has 4 rings (SSSR count). The van der Waals surface area contributed by atoms with Gasteiger partial charge in [0.05, 0.1) is 6.10 Å². The van der Waals surface area contributed by atoms with Crippen LogP contribution in [-0.4, -0.2) is 38.2 Å². The van der Waals surface area contributed by atoms with E-state index < -0.39 is 23.2 Å². The van der Waals surface area contributed by atoms with Crippen LogP contribution in [0.1, 0.15) is 58.8 Å². The van der Waals surface area contributed by atoms with Gasteiger partial charge in [0.25, 0.3) is 0 Å². The average Bonchev–Trinajstić information content (AvgIpc) is 2.79. The molecule has 4 aliphatic rings. The highest BCUT2D eigenvalue weighted by molar-refractivity contribution is 6.30. The molecule has 4 N–H and O–H groups in total. The van der Waals surface area contributed by atoms with Gasteiger partial charge < -0.3 is 20.4 Å². The molecule has 0 heterocycles. The van der Waals surface area contributed by atoms with Crippen molar-refractivity contribution >= 4 is 11.6 Å². The van der Waals surface area contributed by atoms with Gasteiger partial charge >= 0.3 is 0 Å². The average molecular weight is 381 g/mol. The standard InChI is InChI=1S/C21H29ClO4/c1-19-7-6-16(23)18(25)14(19)4-3-12-13(19)5-8-20(2)15(12)11-17(24)21(20,26)9-10-22/h12-13,15-17,23-26H,3-8,11H2,1-2H3/t12-,13-,15+,16?,17?,19-,20+,21?/m1/s1. The molecule has 26 heavy (non-hydrogen) atoms. The van der Waals surface area contributed by atoms with E-state index in [9.17, 15) is 20.4 Å². The Hall–Kier alpha value is -0.730. The van der Waals surface area contributed by atoms with Gasteiger partial charge in [0.1, 0.15) is 11.9 Å². The minimum Gasteiger partial charge on any atom is -0.510 e. The lowest BCUT2D eigenvalue weighted by molar-refractivity contribution is -0.122. The molecule has 0 aromatic rings. The number of hydrogen-bond acceptors (Lipinski definition) is 4. The Morgan fingerprint density at radius 2 is 1.81 bits per heavy atom. The van der Waals surface area contributed by atoms with Crippen LogP contribution in [0.2, 0.25) is 0 Å². The Bertz CT molecular complexity index is 709. The molecule has 0 saturated heterocycles. The Morgan fingerprint density at radius 3 is 2.50 bits per heavy atom. The molecule has 0 bridgehead atoms. The molecule has 4 aliphatic carbocycles. The van der Waals surface area contributed by atoms with Crippen LogP contribution in [0.5, 0.6) is 0 Å². The van der Waals surface area contributed by atoms with Gasteiger partial charge in [0.2, 0.25) is 0 Å². The summed E-state index contributed by atoms with van der Waals surface area (Å²) in [6, 6.07) is 0. The van der Waals surface area contributed by atoms with Crippen LogP contribution in [0.3, 0.4) is 0 Å². The van der Waals surface area contributed by atoms with Gasteiger partial charge in [0, 0.05) is 10.8 Å². The van der Waals surface area contributed by atoms with Gasteiger partial charge in [-0.05, 0) is 91.2 Å². The van der Waals surface area contributed by atoms with Crippen molar-refractivity contribution in [3.63, 3.8) is 0 Å². The minimum absolute atomic E-state index is 0.0998. The van der Waals surface area contributed by atoms with Crippen LogP contribution >= 0.6 is 11.6 Å². The van der Waals surface area contributed by atoms with Crippen LogP contribution in [0.4, 0.5) is 0 Å². The van der Waals surface area contributed by atoms with Crippen molar-refractivity contribution in [2.45, 2.75) is 76.6 Å². The second-order valence-corrected chi connectivity index (χ2v) is 9.63. The van der Waals surface area contributed by atoms with Crippen LogP contribution in [0.15, 0.2) is 11.3 Å². The first kappa shape index (κ1) is 18.6. The third kappa shape index (κ3) is 2.15. The highest BCUT2D eigenvalue weighted by Gasteiger charge is 2.67. The van der Waals surface area contributed by atoms with Crippen molar-refractivity contribution in [2.24, 2.45) is 28.6 Å². The van der Waals surface area contributed by atoms with Crippen molar-refractivity contribution in [1.29, 1.82) is 0 Å². The Kier molecular flexibility index (Phi) is 4.21. The molecular formula is C21H29ClO4. The summed E-state index contributed by atoms with van der Waals surface area (Å²) in [6.07, 6.45) is 3.84. The van der Waals surface area contributed by atoms with Gasteiger partial charge in [-0.3, -0.25) is 0 Å². The second kappa shape index (κ2) is 5.88. The molecule has 4 nitrogen and oxygen atoms in total. The number of fused-ring (bicyclic) bond motifs is 5. The first-order chi connectivity index (χ1) is 12.2. The number of aliphatic hydroxyl groups is 4. The van der Waals surface area contributed by atoms with E-state index >= 15 is 0 Å². The summed E-state index contributed by atoms with van der Waals surface area (Å²) in [4.78, 5) is 0. The molecule has 5 heteroatoms. The van der Waals surface area contributed by atoms with Crippen LogP contribution in [0, 0.1) is 39.9 Å². The van der Waals surface area contributed by atoms with E-state index in [-0.39, 0.29) is 17.1 Å². The SMILES string of the molecule is C[C@]12CCC(O)C(O)=C1CC[C@@H]1[C@H]2CC[C@@]2(C)[C@H]1CC(O)C2(O)C#CCl. The van der Waals surface area contributed by atoms with Crippen LogP contribution < -0.4 is 0 Å². The lowest BCUT2D eigenvalue weighted by Crippen LogP contribution is -2.56. The summed E-state index contributed by atoms with van der Waals surface area (Å²) in [6.45, 7) is 4.29. The van der Waals surface area contributed by atoms with Crippen LogP contribution in [0.25, 0.3) is 0 Å². The number of halogens is 1. The highest BCUT2D eigenvalue weighted by Crippen LogP contribution is 2.67. The smallest absolute Gasteiger partial charge is 0.157 e. The summed E-state index contributed by atoms with van der Waals surface area (Å²) in [5.74, 6) is 3.89. The van der Waals surface area contributed by atoms with Gasteiger partial charge in [-0.15, -0.1) is 0 Å². The molecular weight excluding hydrogens is 352 g/mol. The zero-order chi connectivity index (χ0) is 18.9. The normalized spacial score (nSPS) is 53.2. The third-order valence-electron chi connectivity index (χ3n) is 8.69. The van der Waals surface area contributed by atoms with Crippen molar-refractivity contribution in [2.75, 3.05) is 0 Å². The van der Waals surface area contributed by atoms with Gasteiger partial charge in [-0.25, -0.2) is 0 Å². The molecule has 3 fully saturated rings. The van der Waals surface area contributed by atoms with E-state index in [1.54, 1.807) is 0 Å². The number of aliphatic hydroxyl groups excluding tert-OH is 3. The van der Waals surface area contributed by atoms with Gasteiger partial charge in [0.15, 0.2) is 5.60 Å². The third-order valence-corrected chi connectivity index (χ3v) is 8.79. The molecule has 0 spiro atoms. The maximum absolute atomic E-state index is 11.2. The van der Waals surface area contributed by atoms with Gasteiger partial charge in [-0.1, -0.05) is 13.8 Å². The molecule has 0 amide bonds. The molecule has 144 valence electrons. The van der Waals surface area contributed by atoms with Gasteiger partial charge in [-0.2, -0.15) is 0 Å². The fraction of sp³-hybridized carbons (Fsp3) is 0.810. The number of allylic oxidation sites excluding steroid dienone is 1.